The summed E-state index contributed by atoms with van der Waals surface area (Å²) in [5, 5.41) is 0. The van der Waals surface area contributed by atoms with Crippen molar-refractivity contribution < 1.29 is 4.79 Å². The summed E-state index contributed by atoms with van der Waals surface area (Å²) in [6.07, 6.45) is 8.31. The van der Waals surface area contributed by atoms with E-state index in [0.717, 1.165) is 37.6 Å². The van der Waals surface area contributed by atoms with Crippen LogP contribution in [0.15, 0.2) is 24.8 Å². The summed E-state index contributed by atoms with van der Waals surface area (Å²) in [5.74, 6) is 0.633. The first-order valence-electron chi connectivity index (χ1n) is 8.66. The second kappa shape index (κ2) is 7.21. The van der Waals surface area contributed by atoms with Crippen molar-refractivity contribution in [3.8, 4) is 0 Å². The van der Waals surface area contributed by atoms with Crippen LogP contribution in [0.4, 0.5) is 0 Å². The number of nitrogens with one attached hydrogen (secondary N) is 1. The Morgan fingerprint density at radius 3 is 2.96 bits per heavy atom. The molecule has 3 rings (SSSR count). The molecule has 1 atom stereocenters. The van der Waals surface area contributed by atoms with Crippen LogP contribution in [-0.2, 0) is 17.9 Å². The van der Waals surface area contributed by atoms with Gasteiger partial charge in [0.25, 0.3) is 0 Å². The highest BCUT2D eigenvalue weighted by Gasteiger charge is 2.22. The lowest BCUT2D eigenvalue weighted by atomic mass is 9.97. The molecule has 1 saturated heterocycles. The molecule has 1 amide bonds. The predicted octanol–water partition coefficient (Wildman–Crippen LogP) is 2.30. The Kier molecular flexibility index (Phi) is 5.04. The topological polar surface area (TPSA) is 55.1 Å². The number of carbonyl (C=O) groups is 1. The molecule has 0 radical (unpaired) electrons. The number of carbonyl (C=O) groups excluding carboxylic acids is 1. The van der Waals surface area contributed by atoms with Crippen LogP contribution in [0.1, 0.15) is 36.7 Å². The van der Waals surface area contributed by atoms with Crippen LogP contribution < -0.4 is 5.43 Å². The molecule has 3 heterocycles. The van der Waals surface area contributed by atoms with Crippen LogP contribution >= 0.6 is 0 Å². The first-order valence-corrected chi connectivity index (χ1v) is 8.66. The molecule has 130 valence electrons. The Bertz CT molecular complexity index is 689. The van der Waals surface area contributed by atoms with E-state index in [1.807, 2.05) is 30.3 Å². The first-order chi connectivity index (χ1) is 11.5. The zero-order valence-corrected chi connectivity index (χ0v) is 14.8. The Morgan fingerprint density at radius 2 is 2.25 bits per heavy atom. The monoisotopic (exact) mass is 329 g/mol. The molecular formula is C18H27N5O. The third kappa shape index (κ3) is 3.87. The maximum Gasteiger partial charge on any atom is 0.235 e. The van der Waals surface area contributed by atoms with Gasteiger partial charge in [-0.1, -0.05) is 0 Å². The lowest BCUT2D eigenvalue weighted by Crippen LogP contribution is -2.36. The molecule has 0 bridgehead atoms. The number of nitrogens with zero attached hydrogens (tertiary/aromatic N) is 4. The van der Waals surface area contributed by atoms with E-state index < -0.39 is 0 Å². The minimum Gasteiger partial charge on any atom is -0.337 e. The van der Waals surface area contributed by atoms with Gasteiger partial charge in [0, 0.05) is 50.3 Å². The molecule has 6 nitrogen and oxygen atoms in total. The highest BCUT2D eigenvalue weighted by atomic mass is 16.2. The van der Waals surface area contributed by atoms with Crippen molar-refractivity contribution in [1.29, 1.82) is 0 Å². The molecule has 2 aromatic rings. The summed E-state index contributed by atoms with van der Waals surface area (Å²) in [4.78, 5) is 18.0. The highest BCUT2D eigenvalue weighted by molar-refractivity contribution is 5.81. The van der Waals surface area contributed by atoms with E-state index in [1.165, 1.54) is 18.4 Å². The number of imidazole rings is 1. The molecular weight excluding hydrogens is 302 g/mol. The lowest BCUT2D eigenvalue weighted by Gasteiger charge is -2.32. The van der Waals surface area contributed by atoms with Crippen molar-refractivity contribution >= 4 is 5.91 Å². The lowest BCUT2D eigenvalue weighted by molar-refractivity contribution is -0.115. The van der Waals surface area contributed by atoms with Crippen molar-refractivity contribution in [2.45, 2.75) is 46.7 Å². The number of likely N-dealkylation sites (tertiary alicyclic amines) is 1. The first kappa shape index (κ1) is 16.8. The zero-order valence-electron chi connectivity index (χ0n) is 14.8. The fourth-order valence-electron chi connectivity index (χ4n) is 3.70. The van der Waals surface area contributed by atoms with Crippen molar-refractivity contribution in [3.63, 3.8) is 0 Å². The van der Waals surface area contributed by atoms with Crippen molar-refractivity contribution in [2.75, 3.05) is 18.5 Å². The largest absolute Gasteiger partial charge is 0.337 e. The highest BCUT2D eigenvalue weighted by Crippen LogP contribution is 2.22. The van der Waals surface area contributed by atoms with Gasteiger partial charge in [-0.05, 0) is 50.8 Å². The molecule has 0 saturated carbocycles. The normalized spacial score (nSPS) is 18.7. The molecule has 1 aliphatic heterocycles. The third-order valence-corrected chi connectivity index (χ3v) is 4.83. The van der Waals surface area contributed by atoms with Gasteiger partial charge in [0.2, 0.25) is 5.91 Å². The molecule has 24 heavy (non-hydrogen) atoms. The average molecular weight is 329 g/mol. The van der Waals surface area contributed by atoms with Crippen LogP contribution in [-0.4, -0.2) is 38.1 Å². The summed E-state index contributed by atoms with van der Waals surface area (Å²) in [6.45, 7) is 9.90. The van der Waals surface area contributed by atoms with Gasteiger partial charge in [-0.2, -0.15) is 0 Å². The average Bonchev–Trinajstić information content (AvgIpc) is 3.12. The molecule has 0 spiro atoms. The summed E-state index contributed by atoms with van der Waals surface area (Å²) >= 11 is 0. The maximum atomic E-state index is 11.4. The summed E-state index contributed by atoms with van der Waals surface area (Å²) in [7, 11) is 0. The Hall–Kier alpha value is -2.08. The minimum atomic E-state index is -0.0401. The molecule has 1 N–H and O–H groups in total. The number of hydrogen-bond donors (Lipinski definition) is 1. The Morgan fingerprint density at radius 1 is 1.42 bits per heavy atom. The van der Waals surface area contributed by atoms with Gasteiger partial charge in [0.15, 0.2) is 0 Å². The second-order valence-electron chi connectivity index (χ2n) is 6.90. The molecule has 2 aromatic heterocycles. The number of piperidine rings is 1. The second-order valence-corrected chi connectivity index (χ2v) is 6.90. The SMILES string of the molecule is CC(=O)Nn1c(C)cc(CN2CCCC(Cn3ccnc3)C2)c1C. The van der Waals surface area contributed by atoms with Crippen LogP contribution in [0.5, 0.6) is 0 Å². The van der Waals surface area contributed by atoms with Gasteiger partial charge in [-0.15, -0.1) is 0 Å². The summed E-state index contributed by atoms with van der Waals surface area (Å²) in [6, 6.07) is 2.19. The minimum absolute atomic E-state index is 0.0401. The van der Waals surface area contributed by atoms with Crippen LogP contribution in [0, 0.1) is 19.8 Å². The number of aryl methyl sites for hydroxylation is 1. The van der Waals surface area contributed by atoms with E-state index in [4.69, 9.17) is 0 Å². The third-order valence-electron chi connectivity index (χ3n) is 4.83. The molecule has 6 heteroatoms. The Balaban J connectivity index is 1.64. The van der Waals surface area contributed by atoms with Gasteiger partial charge < -0.3 is 4.57 Å². The summed E-state index contributed by atoms with van der Waals surface area (Å²) in [5.41, 5.74) is 6.38. The molecule has 1 unspecified atom stereocenters. The molecule has 0 aliphatic carbocycles. The maximum absolute atomic E-state index is 11.4. The van der Waals surface area contributed by atoms with Crippen LogP contribution in [0.2, 0.25) is 0 Å². The van der Waals surface area contributed by atoms with E-state index >= 15 is 0 Å². The summed E-state index contributed by atoms with van der Waals surface area (Å²) < 4.78 is 4.07. The van der Waals surface area contributed by atoms with Crippen molar-refractivity contribution in [1.82, 2.24) is 19.1 Å². The molecule has 1 aliphatic rings. The van der Waals surface area contributed by atoms with E-state index in [9.17, 15) is 4.79 Å². The van der Waals surface area contributed by atoms with Gasteiger partial charge in [-0.3, -0.25) is 19.8 Å². The van der Waals surface area contributed by atoms with Gasteiger partial charge in [-0.25, -0.2) is 4.98 Å². The number of hydrogen-bond acceptors (Lipinski definition) is 3. The van der Waals surface area contributed by atoms with Crippen LogP contribution in [0.3, 0.4) is 0 Å². The van der Waals surface area contributed by atoms with Crippen molar-refractivity contribution in [2.24, 2.45) is 5.92 Å². The van der Waals surface area contributed by atoms with E-state index in [1.54, 1.807) is 6.92 Å². The molecule has 1 fully saturated rings. The van der Waals surface area contributed by atoms with Gasteiger partial charge >= 0.3 is 0 Å². The van der Waals surface area contributed by atoms with E-state index in [2.05, 4.69) is 32.9 Å². The van der Waals surface area contributed by atoms with Crippen LogP contribution in [0.25, 0.3) is 0 Å². The number of rotatable bonds is 5. The van der Waals surface area contributed by atoms with Crippen molar-refractivity contribution in [3.05, 3.63) is 41.7 Å². The van der Waals surface area contributed by atoms with Gasteiger partial charge in [0.1, 0.15) is 0 Å². The quantitative estimate of drug-likeness (QED) is 0.916. The standard InChI is InChI=1S/C18H27N5O/c1-14-9-18(15(2)23(14)20-16(3)24)12-21-7-4-5-17(10-21)11-22-8-6-19-13-22/h6,8-9,13,17H,4-5,7,10-12H2,1-3H3,(H,20,24). The number of aromatic nitrogens is 3. The predicted molar refractivity (Wildman–Crippen MR) is 94.2 cm³/mol. The van der Waals surface area contributed by atoms with E-state index in [-0.39, 0.29) is 5.91 Å². The fraction of sp³-hybridized carbons (Fsp3) is 0.556. The molecule has 0 aromatic carbocycles. The van der Waals surface area contributed by atoms with Gasteiger partial charge in [0.05, 0.1) is 6.33 Å². The Labute approximate surface area is 143 Å². The smallest absolute Gasteiger partial charge is 0.235 e. The fourth-order valence-corrected chi connectivity index (χ4v) is 3.70. The van der Waals surface area contributed by atoms with E-state index in [0.29, 0.717) is 5.92 Å². The zero-order chi connectivity index (χ0) is 17.1. The number of amides is 1.